The van der Waals surface area contributed by atoms with Crippen molar-refractivity contribution in [1.82, 2.24) is 4.90 Å². The van der Waals surface area contributed by atoms with Crippen molar-refractivity contribution in [2.24, 2.45) is 11.7 Å². The molecule has 2 nitrogen and oxygen atoms in total. The molecule has 1 fully saturated rings. The normalized spacial score (nSPS) is 23.1. The number of likely N-dealkylation sites (tertiary alicyclic amines) is 1. The minimum atomic E-state index is 0.691. The smallest absolute Gasteiger partial charge is 0.0277 e. The lowest BCUT2D eigenvalue weighted by Gasteiger charge is -2.15. The molecule has 0 amide bonds. The Balaban J connectivity index is 1.97. The molecule has 2 N–H and O–H groups in total. The number of rotatable bonds is 3. The fourth-order valence-corrected chi connectivity index (χ4v) is 2.87. The van der Waals surface area contributed by atoms with E-state index in [1.807, 2.05) is 0 Å². The quantitative estimate of drug-likeness (QED) is 0.827. The summed E-state index contributed by atoms with van der Waals surface area (Å²) in [5.41, 5.74) is 7.13. The van der Waals surface area contributed by atoms with Gasteiger partial charge in [0.1, 0.15) is 0 Å². The number of nitrogens with zero attached hydrogens (tertiary/aromatic N) is 1. The van der Waals surface area contributed by atoms with Crippen LogP contribution in [0.4, 0.5) is 0 Å². The Morgan fingerprint density at radius 2 is 2.50 bits per heavy atom. The van der Waals surface area contributed by atoms with Crippen molar-refractivity contribution in [3.8, 4) is 0 Å². The molecule has 78 valence electrons. The first-order valence-corrected chi connectivity index (χ1v) is 6.15. The van der Waals surface area contributed by atoms with Crippen molar-refractivity contribution >= 4 is 11.3 Å². The molecule has 2 heterocycles. The minimum absolute atomic E-state index is 0.691. The van der Waals surface area contributed by atoms with Crippen LogP contribution in [0.25, 0.3) is 0 Å². The highest BCUT2D eigenvalue weighted by Crippen LogP contribution is 2.22. The molecular formula is C11H18N2S. The number of thiophene rings is 1. The average molecular weight is 210 g/mol. The summed E-state index contributed by atoms with van der Waals surface area (Å²) in [4.78, 5) is 3.89. The second-order valence-electron chi connectivity index (χ2n) is 4.20. The monoisotopic (exact) mass is 210 g/mol. The summed E-state index contributed by atoms with van der Waals surface area (Å²) < 4.78 is 0. The van der Waals surface area contributed by atoms with E-state index < -0.39 is 0 Å². The van der Waals surface area contributed by atoms with E-state index >= 15 is 0 Å². The van der Waals surface area contributed by atoms with Crippen molar-refractivity contribution in [1.29, 1.82) is 0 Å². The van der Waals surface area contributed by atoms with Gasteiger partial charge in [0.05, 0.1) is 0 Å². The van der Waals surface area contributed by atoms with Gasteiger partial charge < -0.3 is 5.73 Å². The molecule has 0 aliphatic carbocycles. The topological polar surface area (TPSA) is 29.3 Å². The average Bonchev–Trinajstić information content (AvgIpc) is 2.76. The maximum Gasteiger partial charge on any atom is 0.0277 e. The Morgan fingerprint density at radius 1 is 1.64 bits per heavy atom. The third-order valence-electron chi connectivity index (χ3n) is 2.93. The van der Waals surface area contributed by atoms with Crippen LogP contribution in [-0.2, 0) is 13.1 Å². The summed E-state index contributed by atoms with van der Waals surface area (Å²) >= 11 is 1.78. The van der Waals surface area contributed by atoms with Crippen molar-refractivity contribution < 1.29 is 0 Å². The Hall–Kier alpha value is -0.380. The zero-order chi connectivity index (χ0) is 9.97. The van der Waals surface area contributed by atoms with Crippen LogP contribution in [0.15, 0.2) is 11.4 Å². The molecule has 1 aromatic heterocycles. The van der Waals surface area contributed by atoms with E-state index in [0.29, 0.717) is 6.54 Å². The highest BCUT2D eigenvalue weighted by atomic mass is 32.1. The van der Waals surface area contributed by atoms with Gasteiger partial charge in [0.15, 0.2) is 0 Å². The summed E-state index contributed by atoms with van der Waals surface area (Å²) in [6.45, 7) is 6.62. The first-order valence-electron chi connectivity index (χ1n) is 5.27. The molecule has 0 spiro atoms. The molecule has 0 saturated carbocycles. The Morgan fingerprint density at radius 3 is 3.14 bits per heavy atom. The van der Waals surface area contributed by atoms with Gasteiger partial charge in [-0.15, -0.1) is 11.3 Å². The fourth-order valence-electron chi connectivity index (χ4n) is 2.10. The molecule has 1 unspecified atom stereocenters. The number of hydrogen-bond acceptors (Lipinski definition) is 3. The maximum absolute atomic E-state index is 5.69. The molecule has 1 aromatic rings. The first-order chi connectivity index (χ1) is 6.79. The van der Waals surface area contributed by atoms with E-state index in [4.69, 9.17) is 5.73 Å². The zero-order valence-corrected chi connectivity index (χ0v) is 9.52. The van der Waals surface area contributed by atoms with Gasteiger partial charge in [0.25, 0.3) is 0 Å². The fraction of sp³-hybridized carbons (Fsp3) is 0.636. The van der Waals surface area contributed by atoms with Gasteiger partial charge in [0.2, 0.25) is 0 Å². The molecule has 0 bridgehead atoms. The van der Waals surface area contributed by atoms with Gasteiger partial charge in [-0.3, -0.25) is 4.90 Å². The number of nitrogens with two attached hydrogens (primary N) is 1. The second kappa shape index (κ2) is 4.43. The third-order valence-corrected chi connectivity index (χ3v) is 3.91. The van der Waals surface area contributed by atoms with Crippen LogP contribution in [0.3, 0.4) is 0 Å². The lowest BCUT2D eigenvalue weighted by atomic mass is 10.2. The molecule has 1 aliphatic heterocycles. The molecule has 2 rings (SSSR count). The minimum Gasteiger partial charge on any atom is -0.326 e. The molecule has 1 atom stereocenters. The van der Waals surface area contributed by atoms with Gasteiger partial charge in [-0.2, -0.15) is 0 Å². The maximum atomic E-state index is 5.69. The van der Waals surface area contributed by atoms with Gasteiger partial charge in [-0.05, 0) is 35.9 Å². The predicted molar refractivity (Wildman–Crippen MR) is 61.3 cm³/mol. The van der Waals surface area contributed by atoms with Crippen molar-refractivity contribution in [3.05, 3.63) is 21.9 Å². The largest absolute Gasteiger partial charge is 0.326 e. The summed E-state index contributed by atoms with van der Waals surface area (Å²) in [6.07, 6.45) is 1.35. The molecule has 14 heavy (non-hydrogen) atoms. The third kappa shape index (κ3) is 2.16. The molecule has 0 radical (unpaired) electrons. The summed E-state index contributed by atoms with van der Waals surface area (Å²) in [5.74, 6) is 0.870. The van der Waals surface area contributed by atoms with Crippen LogP contribution < -0.4 is 5.73 Å². The predicted octanol–water partition coefficient (Wildman–Crippen LogP) is 2.05. The van der Waals surface area contributed by atoms with Crippen LogP contribution in [0.2, 0.25) is 0 Å². The van der Waals surface area contributed by atoms with Crippen molar-refractivity contribution in [2.75, 3.05) is 13.1 Å². The molecule has 1 saturated heterocycles. The van der Waals surface area contributed by atoms with Gasteiger partial charge in [-0.25, -0.2) is 0 Å². The highest BCUT2D eigenvalue weighted by molar-refractivity contribution is 7.10. The van der Waals surface area contributed by atoms with E-state index in [-0.39, 0.29) is 0 Å². The van der Waals surface area contributed by atoms with Gasteiger partial charge in [0, 0.05) is 24.5 Å². The van der Waals surface area contributed by atoms with Crippen LogP contribution in [0.1, 0.15) is 23.8 Å². The summed E-state index contributed by atoms with van der Waals surface area (Å²) in [7, 11) is 0. The Labute approximate surface area is 89.7 Å². The van der Waals surface area contributed by atoms with E-state index in [9.17, 15) is 0 Å². The van der Waals surface area contributed by atoms with Crippen LogP contribution in [0.5, 0.6) is 0 Å². The Kier molecular flexibility index (Phi) is 3.21. The van der Waals surface area contributed by atoms with Gasteiger partial charge >= 0.3 is 0 Å². The number of hydrogen-bond donors (Lipinski definition) is 1. The van der Waals surface area contributed by atoms with Crippen molar-refractivity contribution in [3.63, 3.8) is 0 Å². The van der Waals surface area contributed by atoms with E-state index in [1.165, 1.54) is 30.0 Å². The van der Waals surface area contributed by atoms with E-state index in [2.05, 4.69) is 23.3 Å². The zero-order valence-electron chi connectivity index (χ0n) is 8.70. The molecule has 1 aliphatic rings. The molecule has 3 heteroatoms. The Bertz CT molecular complexity index is 295. The van der Waals surface area contributed by atoms with Crippen molar-refractivity contribution in [2.45, 2.75) is 26.4 Å². The van der Waals surface area contributed by atoms with Gasteiger partial charge in [-0.1, -0.05) is 6.92 Å². The lowest BCUT2D eigenvalue weighted by Crippen LogP contribution is -2.20. The standard InChI is InChI=1S/C11H18N2S/c1-9-2-4-13(7-9)8-10-3-5-14-11(10)6-12/h3,5,9H,2,4,6-8,12H2,1H3. The van der Waals surface area contributed by atoms with E-state index in [1.54, 1.807) is 11.3 Å². The van der Waals surface area contributed by atoms with Crippen LogP contribution >= 0.6 is 11.3 Å². The molecule has 0 aromatic carbocycles. The highest BCUT2D eigenvalue weighted by Gasteiger charge is 2.19. The second-order valence-corrected chi connectivity index (χ2v) is 5.20. The van der Waals surface area contributed by atoms with Crippen LogP contribution in [0, 0.1) is 5.92 Å². The van der Waals surface area contributed by atoms with Crippen LogP contribution in [-0.4, -0.2) is 18.0 Å². The molecular weight excluding hydrogens is 192 g/mol. The summed E-state index contributed by atoms with van der Waals surface area (Å²) in [6, 6.07) is 2.22. The first kappa shape index (κ1) is 10.1. The van der Waals surface area contributed by atoms with E-state index in [0.717, 1.165) is 12.5 Å². The lowest BCUT2D eigenvalue weighted by molar-refractivity contribution is 0.320. The SMILES string of the molecule is CC1CCN(Cc2ccsc2CN)C1. The summed E-state index contributed by atoms with van der Waals surface area (Å²) in [5, 5.41) is 2.15.